The second-order valence-corrected chi connectivity index (χ2v) is 7.43. The predicted octanol–water partition coefficient (Wildman–Crippen LogP) is 3.16. The van der Waals surface area contributed by atoms with E-state index >= 15 is 0 Å². The largest absolute Gasteiger partial charge is 0.478 e. The molecule has 1 aromatic rings. The summed E-state index contributed by atoms with van der Waals surface area (Å²) >= 11 is 4.93. The summed E-state index contributed by atoms with van der Waals surface area (Å²) in [6.45, 7) is 3.81. The minimum absolute atomic E-state index is 0.246. The highest BCUT2D eigenvalue weighted by Gasteiger charge is 2.38. The van der Waals surface area contributed by atoms with E-state index in [2.05, 4.69) is 0 Å². The number of carboxylic acids is 1. The van der Waals surface area contributed by atoms with Crippen molar-refractivity contribution in [3.8, 4) is 0 Å². The molecule has 0 spiro atoms. The van der Waals surface area contributed by atoms with Crippen molar-refractivity contribution in [2.75, 3.05) is 0 Å². The monoisotopic (exact) mass is 326 g/mol. The maximum absolute atomic E-state index is 13.4. The quantitative estimate of drug-likeness (QED) is 0.863. The summed E-state index contributed by atoms with van der Waals surface area (Å²) in [4.78, 5) is 10.3. The molecule has 0 atom stereocenters. The molecule has 0 heterocycles. The zero-order valence-corrected chi connectivity index (χ0v) is 12.5. The highest BCUT2D eigenvalue weighted by molar-refractivity contribution is 7.92. The Hall–Kier alpha value is -1.21. The molecule has 20 heavy (non-hydrogen) atoms. The fourth-order valence-electron chi connectivity index (χ4n) is 1.75. The molecule has 0 aromatic heterocycles. The van der Waals surface area contributed by atoms with Crippen molar-refractivity contribution >= 4 is 27.4 Å². The maximum Gasteiger partial charge on any atom is 0.349 e. The topological polar surface area (TPSA) is 71.4 Å². The zero-order chi connectivity index (χ0) is 15.9. The van der Waals surface area contributed by atoms with E-state index in [0.29, 0.717) is 0 Å². The number of alkyl halides is 3. The SMILES string of the molecule is Cc1c(C(=O)O)ccc(C(F)(F)Cl)c1S(=O)(=O)C(C)C. The first kappa shape index (κ1) is 16.8. The molecule has 0 aliphatic carbocycles. The lowest BCUT2D eigenvalue weighted by molar-refractivity contribution is 0.0693. The second kappa shape index (κ2) is 5.29. The Morgan fingerprint density at radius 3 is 2.20 bits per heavy atom. The van der Waals surface area contributed by atoms with Crippen molar-refractivity contribution in [1.29, 1.82) is 0 Å². The molecule has 0 unspecified atom stereocenters. The van der Waals surface area contributed by atoms with Crippen LogP contribution in [0.25, 0.3) is 0 Å². The van der Waals surface area contributed by atoms with Crippen molar-refractivity contribution in [2.24, 2.45) is 0 Å². The maximum atomic E-state index is 13.4. The Bertz CT molecular complexity index is 648. The number of carbonyl (C=O) groups is 1. The van der Waals surface area contributed by atoms with E-state index in [9.17, 15) is 22.0 Å². The van der Waals surface area contributed by atoms with E-state index in [-0.39, 0.29) is 11.1 Å². The molecule has 0 aliphatic heterocycles. The van der Waals surface area contributed by atoms with E-state index in [1.54, 1.807) is 0 Å². The fraction of sp³-hybridized carbons (Fsp3) is 0.417. The molecule has 0 radical (unpaired) electrons. The fourth-order valence-corrected chi connectivity index (χ4v) is 3.47. The van der Waals surface area contributed by atoms with Crippen molar-refractivity contribution in [2.45, 2.75) is 36.3 Å². The number of halogens is 3. The summed E-state index contributed by atoms with van der Waals surface area (Å²) in [5, 5.41) is 4.09. The first-order valence-electron chi connectivity index (χ1n) is 5.58. The lowest BCUT2D eigenvalue weighted by Gasteiger charge is -2.19. The Kier molecular flexibility index (Phi) is 4.46. The minimum atomic E-state index is -4.11. The molecular weight excluding hydrogens is 314 g/mol. The smallest absolute Gasteiger partial charge is 0.349 e. The van der Waals surface area contributed by atoms with Gasteiger partial charge in [-0.3, -0.25) is 0 Å². The molecule has 4 nitrogen and oxygen atoms in total. The highest BCUT2D eigenvalue weighted by atomic mass is 35.5. The molecule has 0 saturated carbocycles. The van der Waals surface area contributed by atoms with Gasteiger partial charge < -0.3 is 5.11 Å². The van der Waals surface area contributed by atoms with Gasteiger partial charge in [0, 0.05) is 0 Å². The third kappa shape index (κ3) is 2.93. The zero-order valence-electron chi connectivity index (χ0n) is 10.9. The molecule has 0 fully saturated rings. The molecule has 1 N–H and O–H groups in total. The number of hydrogen-bond donors (Lipinski definition) is 1. The summed E-state index contributed by atoms with van der Waals surface area (Å²) < 4.78 is 51.2. The minimum Gasteiger partial charge on any atom is -0.478 e. The second-order valence-electron chi connectivity index (χ2n) is 4.51. The van der Waals surface area contributed by atoms with Gasteiger partial charge in [-0.1, -0.05) is 0 Å². The number of hydrogen-bond acceptors (Lipinski definition) is 3. The van der Waals surface area contributed by atoms with Crippen LogP contribution in [-0.2, 0) is 15.2 Å². The molecule has 0 aliphatic rings. The summed E-state index contributed by atoms with van der Waals surface area (Å²) in [5.74, 6) is -1.40. The van der Waals surface area contributed by atoms with Crippen LogP contribution in [0.4, 0.5) is 8.78 Å². The molecule has 0 amide bonds. The molecule has 0 bridgehead atoms. The average Bonchev–Trinajstić information content (AvgIpc) is 2.25. The van der Waals surface area contributed by atoms with Gasteiger partial charge in [0.25, 0.3) is 0 Å². The van der Waals surface area contributed by atoms with Crippen molar-refractivity contribution in [3.63, 3.8) is 0 Å². The van der Waals surface area contributed by atoms with Crippen LogP contribution in [0.2, 0.25) is 0 Å². The molecule has 1 rings (SSSR count). The Labute approximate surface area is 120 Å². The van der Waals surface area contributed by atoms with Crippen LogP contribution in [0.3, 0.4) is 0 Å². The van der Waals surface area contributed by atoms with E-state index < -0.39 is 36.9 Å². The van der Waals surface area contributed by atoms with E-state index in [1.165, 1.54) is 20.8 Å². The Morgan fingerprint density at radius 1 is 1.35 bits per heavy atom. The van der Waals surface area contributed by atoms with Gasteiger partial charge in [-0.05, 0) is 50.1 Å². The number of rotatable bonds is 4. The van der Waals surface area contributed by atoms with Crippen LogP contribution in [-0.4, -0.2) is 24.7 Å². The van der Waals surface area contributed by atoms with E-state index in [0.717, 1.165) is 12.1 Å². The standard InChI is InChI=1S/C12H13ClF2O4S/c1-6(2)20(18,19)10-7(3)8(11(16)17)4-5-9(10)12(13,14)15/h4-6H,1-3H3,(H,16,17). The predicted molar refractivity (Wildman–Crippen MR) is 70.2 cm³/mol. The van der Waals surface area contributed by atoms with Crippen LogP contribution in [0, 0.1) is 6.92 Å². The van der Waals surface area contributed by atoms with Gasteiger partial charge in [0.05, 0.1) is 21.3 Å². The molecule has 1 aromatic carbocycles. The Balaban J connectivity index is 3.86. The first-order valence-corrected chi connectivity index (χ1v) is 7.51. The lowest BCUT2D eigenvalue weighted by Crippen LogP contribution is -2.22. The van der Waals surface area contributed by atoms with E-state index in [1.807, 2.05) is 0 Å². The van der Waals surface area contributed by atoms with Crippen molar-refractivity contribution < 1.29 is 27.1 Å². The van der Waals surface area contributed by atoms with Gasteiger partial charge in [-0.15, -0.1) is 0 Å². The highest BCUT2D eigenvalue weighted by Crippen LogP contribution is 2.39. The van der Waals surface area contributed by atoms with Gasteiger partial charge in [0.15, 0.2) is 9.84 Å². The first-order chi connectivity index (χ1) is 8.90. The lowest BCUT2D eigenvalue weighted by atomic mass is 10.0. The normalized spacial score (nSPS) is 12.8. The average molecular weight is 327 g/mol. The van der Waals surface area contributed by atoms with Gasteiger partial charge in [-0.25, -0.2) is 13.2 Å². The number of carboxylic acid groups (broad SMARTS) is 1. The van der Waals surface area contributed by atoms with Crippen molar-refractivity contribution in [3.05, 3.63) is 28.8 Å². The molecule has 8 heteroatoms. The van der Waals surface area contributed by atoms with E-state index in [4.69, 9.17) is 16.7 Å². The van der Waals surface area contributed by atoms with Gasteiger partial charge in [0.2, 0.25) is 0 Å². The molecule has 112 valence electrons. The third-order valence-corrected chi connectivity index (χ3v) is 5.39. The summed E-state index contributed by atoms with van der Waals surface area (Å²) in [5.41, 5.74) is -1.51. The Morgan fingerprint density at radius 2 is 1.85 bits per heavy atom. The summed E-state index contributed by atoms with van der Waals surface area (Å²) in [7, 11) is -4.11. The van der Waals surface area contributed by atoms with Crippen LogP contribution >= 0.6 is 11.6 Å². The summed E-state index contributed by atoms with van der Waals surface area (Å²) in [6, 6.07) is 1.65. The van der Waals surface area contributed by atoms with Gasteiger partial charge in [0.1, 0.15) is 0 Å². The van der Waals surface area contributed by atoms with Crippen LogP contribution in [0.5, 0.6) is 0 Å². The number of benzene rings is 1. The van der Waals surface area contributed by atoms with Crippen LogP contribution in [0.1, 0.15) is 35.3 Å². The molecule has 0 saturated heterocycles. The van der Waals surface area contributed by atoms with Crippen LogP contribution in [0.15, 0.2) is 17.0 Å². The number of sulfone groups is 1. The van der Waals surface area contributed by atoms with Gasteiger partial charge >= 0.3 is 11.4 Å². The van der Waals surface area contributed by atoms with Crippen molar-refractivity contribution in [1.82, 2.24) is 0 Å². The van der Waals surface area contributed by atoms with Gasteiger partial charge in [-0.2, -0.15) is 8.78 Å². The molecular formula is C12H13ClF2O4S. The number of aromatic carboxylic acids is 1. The summed E-state index contributed by atoms with van der Waals surface area (Å²) in [6.07, 6.45) is 0. The van der Waals surface area contributed by atoms with Crippen LogP contribution < -0.4 is 0 Å². The third-order valence-electron chi connectivity index (χ3n) is 2.85.